The van der Waals surface area contributed by atoms with Crippen molar-refractivity contribution < 1.29 is 14.2 Å². The van der Waals surface area contributed by atoms with Crippen molar-refractivity contribution in [3.05, 3.63) is 59.8 Å². The molecule has 0 radical (unpaired) electrons. The van der Waals surface area contributed by atoms with Gasteiger partial charge < -0.3 is 14.2 Å². The van der Waals surface area contributed by atoms with Gasteiger partial charge in [0.2, 0.25) is 0 Å². The number of aromatic nitrogens is 1. The molecule has 4 heteroatoms. The number of unbranched alkanes of at least 4 members (excludes halogenated alkanes) is 5. The van der Waals surface area contributed by atoms with Crippen molar-refractivity contribution in [1.82, 2.24) is 4.98 Å². The fourth-order valence-electron chi connectivity index (χ4n) is 3.62. The van der Waals surface area contributed by atoms with Crippen molar-refractivity contribution in [1.29, 1.82) is 0 Å². The average molecular weight is 434 g/mol. The summed E-state index contributed by atoms with van der Waals surface area (Å²) in [6, 6.07) is 16.1. The van der Waals surface area contributed by atoms with Gasteiger partial charge in [0.1, 0.15) is 5.75 Å². The SMILES string of the molecule is CCCCCCCCOc1ccc(C=Cc2ccc3cc(OCC)ccc3n2)cc1OC. The minimum atomic E-state index is 0.659. The molecule has 170 valence electrons. The third kappa shape index (κ3) is 7.01. The molecule has 0 N–H and O–H groups in total. The monoisotopic (exact) mass is 433 g/mol. The Labute approximate surface area is 192 Å². The highest BCUT2D eigenvalue weighted by Gasteiger charge is 2.05. The zero-order chi connectivity index (χ0) is 22.6. The van der Waals surface area contributed by atoms with E-state index < -0.39 is 0 Å². The van der Waals surface area contributed by atoms with Crippen LogP contribution in [0.25, 0.3) is 23.1 Å². The first-order valence-electron chi connectivity index (χ1n) is 11.8. The molecule has 0 unspecified atom stereocenters. The molecule has 1 heterocycles. The Morgan fingerprint density at radius 1 is 0.781 bits per heavy atom. The van der Waals surface area contributed by atoms with E-state index in [-0.39, 0.29) is 0 Å². The first-order valence-corrected chi connectivity index (χ1v) is 11.8. The highest BCUT2D eigenvalue weighted by molar-refractivity contribution is 5.82. The third-order valence-corrected chi connectivity index (χ3v) is 5.38. The number of methoxy groups -OCH3 is 1. The van der Waals surface area contributed by atoms with Crippen LogP contribution in [-0.4, -0.2) is 25.3 Å². The fraction of sp³-hybridized carbons (Fsp3) is 0.393. The van der Waals surface area contributed by atoms with Crippen LogP contribution in [0.5, 0.6) is 17.2 Å². The van der Waals surface area contributed by atoms with Crippen molar-refractivity contribution in [3.63, 3.8) is 0 Å². The van der Waals surface area contributed by atoms with Gasteiger partial charge in [0.25, 0.3) is 0 Å². The topological polar surface area (TPSA) is 40.6 Å². The molecule has 0 saturated carbocycles. The van der Waals surface area contributed by atoms with Gasteiger partial charge in [0.05, 0.1) is 31.5 Å². The molecule has 3 rings (SSSR count). The Bertz CT molecular complexity index is 1010. The summed E-state index contributed by atoms with van der Waals surface area (Å²) in [5.74, 6) is 2.43. The summed E-state index contributed by atoms with van der Waals surface area (Å²) in [5, 5.41) is 1.07. The predicted octanol–water partition coefficient (Wildman–Crippen LogP) is 7.55. The quantitative estimate of drug-likeness (QED) is 0.261. The first kappa shape index (κ1) is 23.6. The number of rotatable bonds is 13. The number of ether oxygens (including phenoxy) is 3. The molecular formula is C28H35NO3. The predicted molar refractivity (Wildman–Crippen MR) is 134 cm³/mol. The standard InChI is InChI=1S/C28H35NO3/c1-4-6-7-8-9-10-19-32-27-18-12-22(20-28(27)30-3)11-14-24-15-13-23-21-25(31-5-2)16-17-26(23)29-24/h11-18,20-21H,4-10,19H2,1-3H3. The van der Waals surface area contributed by atoms with Crippen LogP contribution in [0.2, 0.25) is 0 Å². The fourth-order valence-corrected chi connectivity index (χ4v) is 3.62. The number of fused-ring (bicyclic) bond motifs is 1. The van der Waals surface area contributed by atoms with E-state index in [2.05, 4.69) is 13.0 Å². The van der Waals surface area contributed by atoms with E-state index in [1.54, 1.807) is 7.11 Å². The van der Waals surface area contributed by atoms with E-state index in [1.165, 1.54) is 32.1 Å². The Kier molecular flexibility index (Phi) is 9.42. The van der Waals surface area contributed by atoms with Crippen molar-refractivity contribution in [2.24, 2.45) is 0 Å². The third-order valence-electron chi connectivity index (χ3n) is 5.38. The molecule has 0 spiro atoms. The second-order valence-corrected chi connectivity index (χ2v) is 7.88. The first-order chi connectivity index (χ1) is 15.7. The summed E-state index contributed by atoms with van der Waals surface area (Å²) >= 11 is 0. The second kappa shape index (κ2) is 12.7. The van der Waals surface area contributed by atoms with Crippen LogP contribution in [-0.2, 0) is 0 Å². The number of pyridine rings is 1. The molecule has 3 aromatic rings. The van der Waals surface area contributed by atoms with E-state index in [4.69, 9.17) is 19.2 Å². The van der Waals surface area contributed by atoms with Gasteiger partial charge in [-0.05, 0) is 61.4 Å². The normalized spacial score (nSPS) is 11.2. The summed E-state index contributed by atoms with van der Waals surface area (Å²) in [7, 11) is 1.68. The molecule has 0 aliphatic rings. The van der Waals surface area contributed by atoms with Gasteiger partial charge >= 0.3 is 0 Å². The highest BCUT2D eigenvalue weighted by Crippen LogP contribution is 2.29. The minimum absolute atomic E-state index is 0.659. The van der Waals surface area contributed by atoms with E-state index in [0.717, 1.165) is 52.4 Å². The maximum Gasteiger partial charge on any atom is 0.161 e. The summed E-state index contributed by atoms with van der Waals surface area (Å²) < 4.78 is 17.1. The Hall–Kier alpha value is -3.01. The highest BCUT2D eigenvalue weighted by atomic mass is 16.5. The Morgan fingerprint density at radius 2 is 1.62 bits per heavy atom. The molecule has 0 aliphatic heterocycles. The van der Waals surface area contributed by atoms with Crippen LogP contribution in [0.4, 0.5) is 0 Å². The molecule has 0 saturated heterocycles. The lowest BCUT2D eigenvalue weighted by Gasteiger charge is -2.11. The number of hydrogen-bond acceptors (Lipinski definition) is 4. The van der Waals surface area contributed by atoms with Crippen molar-refractivity contribution in [2.75, 3.05) is 20.3 Å². The molecule has 1 aromatic heterocycles. The maximum atomic E-state index is 5.96. The van der Waals surface area contributed by atoms with Crippen molar-refractivity contribution in [3.8, 4) is 17.2 Å². The van der Waals surface area contributed by atoms with Gasteiger partial charge in [-0.25, -0.2) is 4.98 Å². The molecule has 0 amide bonds. The summed E-state index contributed by atoms with van der Waals surface area (Å²) in [5.41, 5.74) is 2.90. The smallest absolute Gasteiger partial charge is 0.161 e. The Balaban J connectivity index is 1.60. The molecule has 0 fully saturated rings. The van der Waals surface area contributed by atoms with Crippen LogP contribution in [0.1, 0.15) is 63.6 Å². The second-order valence-electron chi connectivity index (χ2n) is 7.88. The lowest BCUT2D eigenvalue weighted by molar-refractivity contribution is 0.284. The molecule has 32 heavy (non-hydrogen) atoms. The zero-order valence-corrected chi connectivity index (χ0v) is 19.6. The van der Waals surface area contributed by atoms with Crippen LogP contribution >= 0.6 is 0 Å². The minimum Gasteiger partial charge on any atom is -0.494 e. The zero-order valence-electron chi connectivity index (χ0n) is 19.6. The van der Waals surface area contributed by atoms with Crippen LogP contribution in [0.15, 0.2) is 48.5 Å². The van der Waals surface area contributed by atoms with Crippen LogP contribution in [0, 0.1) is 0 Å². The maximum absolute atomic E-state index is 5.96. The van der Waals surface area contributed by atoms with E-state index in [0.29, 0.717) is 6.61 Å². The van der Waals surface area contributed by atoms with Crippen molar-refractivity contribution >= 4 is 23.1 Å². The van der Waals surface area contributed by atoms with Crippen LogP contribution in [0.3, 0.4) is 0 Å². The van der Waals surface area contributed by atoms with Crippen molar-refractivity contribution in [2.45, 2.75) is 52.4 Å². The largest absolute Gasteiger partial charge is 0.494 e. The lowest BCUT2D eigenvalue weighted by Crippen LogP contribution is -1.99. The number of nitrogens with zero attached hydrogens (tertiary/aromatic N) is 1. The lowest BCUT2D eigenvalue weighted by atomic mass is 10.1. The van der Waals surface area contributed by atoms with Gasteiger partial charge in [0.15, 0.2) is 11.5 Å². The van der Waals surface area contributed by atoms with E-state index >= 15 is 0 Å². The van der Waals surface area contributed by atoms with E-state index in [1.807, 2.05) is 61.5 Å². The molecule has 0 bridgehead atoms. The van der Waals surface area contributed by atoms with Crippen LogP contribution < -0.4 is 14.2 Å². The molecule has 4 nitrogen and oxygen atoms in total. The summed E-state index contributed by atoms with van der Waals surface area (Å²) in [6.07, 6.45) is 11.6. The summed E-state index contributed by atoms with van der Waals surface area (Å²) in [6.45, 7) is 5.61. The molecule has 0 aliphatic carbocycles. The summed E-state index contributed by atoms with van der Waals surface area (Å²) in [4.78, 5) is 4.73. The Morgan fingerprint density at radius 3 is 2.44 bits per heavy atom. The average Bonchev–Trinajstić information content (AvgIpc) is 2.82. The van der Waals surface area contributed by atoms with Gasteiger partial charge in [0, 0.05) is 5.39 Å². The van der Waals surface area contributed by atoms with Gasteiger partial charge in [-0.15, -0.1) is 0 Å². The number of hydrogen-bond donors (Lipinski definition) is 0. The van der Waals surface area contributed by atoms with E-state index in [9.17, 15) is 0 Å². The van der Waals surface area contributed by atoms with Gasteiger partial charge in [-0.2, -0.15) is 0 Å². The number of benzene rings is 2. The van der Waals surface area contributed by atoms with Gasteiger partial charge in [-0.3, -0.25) is 0 Å². The molecule has 2 aromatic carbocycles. The molecular weight excluding hydrogens is 398 g/mol. The van der Waals surface area contributed by atoms with Gasteiger partial charge in [-0.1, -0.05) is 57.2 Å². The molecule has 0 atom stereocenters.